The zero-order valence-electron chi connectivity index (χ0n) is 38.6. The topological polar surface area (TPSA) is 337 Å². The fourth-order valence-corrected chi connectivity index (χ4v) is 7.94. The second-order valence-corrected chi connectivity index (χ2v) is 17.8. The second-order valence-electron chi connectivity index (χ2n) is 17.8. The molecule has 19 heteroatoms. The van der Waals surface area contributed by atoms with Gasteiger partial charge in [-0.25, -0.2) is 0 Å². The Kier molecular flexibility index (Phi) is 26.1. The fraction of sp³-hybridized carbons (Fsp3) is 0.667. The second kappa shape index (κ2) is 30.2. The number of fused-ring (bicyclic) bond motifs is 2. The first-order valence-electron chi connectivity index (χ1n) is 23.2. The van der Waals surface area contributed by atoms with E-state index in [4.69, 9.17) is 30.4 Å². The third-order valence-electron chi connectivity index (χ3n) is 11.7. The van der Waals surface area contributed by atoms with Gasteiger partial charge < -0.3 is 86.8 Å². The van der Waals surface area contributed by atoms with Crippen LogP contribution in [0.2, 0.25) is 0 Å². The van der Waals surface area contributed by atoms with E-state index in [1.807, 2.05) is 37.3 Å². The van der Waals surface area contributed by atoms with Gasteiger partial charge in [-0.15, -0.1) is 0 Å². The summed E-state index contributed by atoms with van der Waals surface area (Å²) >= 11 is 0. The summed E-state index contributed by atoms with van der Waals surface area (Å²) in [5.41, 5.74) is 11.6. The molecule has 2 saturated heterocycles. The van der Waals surface area contributed by atoms with Crippen molar-refractivity contribution in [3.63, 3.8) is 0 Å². The quantitative estimate of drug-likeness (QED) is 0.117. The molecule has 3 aliphatic heterocycles. The number of carbonyl (C=O) groups is 2. The van der Waals surface area contributed by atoms with E-state index in [1.54, 1.807) is 61.6 Å². The van der Waals surface area contributed by atoms with Gasteiger partial charge in [-0.3, -0.25) is 9.59 Å². The fourth-order valence-electron chi connectivity index (χ4n) is 7.94. The first-order chi connectivity index (χ1) is 31.8. The molecule has 3 heterocycles. The third kappa shape index (κ3) is 21.4. The highest BCUT2D eigenvalue weighted by Gasteiger charge is 2.50. The average Bonchev–Trinajstić information content (AvgIpc) is 3.24. The number of aliphatic hydroxyl groups excluding tert-OH is 9. The van der Waals surface area contributed by atoms with E-state index in [0.29, 0.717) is 6.42 Å². The third-order valence-corrected chi connectivity index (χ3v) is 11.7. The van der Waals surface area contributed by atoms with E-state index in [0.717, 1.165) is 0 Å². The van der Waals surface area contributed by atoms with Gasteiger partial charge in [-0.05, 0) is 39.2 Å². The molecule has 380 valence electrons. The number of ether oxygens (including phenoxy) is 4. The van der Waals surface area contributed by atoms with Crippen molar-refractivity contribution in [2.45, 2.75) is 169 Å². The Morgan fingerprint density at radius 2 is 1.34 bits per heavy atom. The maximum absolute atomic E-state index is 13.6. The maximum Gasteiger partial charge on any atom is 0.308 e. The number of nitrogens with one attached hydrogen (secondary N) is 1. The van der Waals surface area contributed by atoms with Crippen molar-refractivity contribution in [3.05, 3.63) is 85.1 Å². The predicted molar refractivity (Wildman–Crippen MR) is 247 cm³/mol. The normalized spacial score (nSPS) is 42.2. The highest BCUT2D eigenvalue weighted by molar-refractivity contribution is 5.80. The van der Waals surface area contributed by atoms with Gasteiger partial charge in [0.2, 0.25) is 5.91 Å². The molecule has 0 aromatic rings. The Bertz CT molecular complexity index is 1670. The van der Waals surface area contributed by atoms with Crippen LogP contribution in [0.4, 0.5) is 0 Å². The minimum absolute atomic E-state index is 0.0910. The van der Waals surface area contributed by atoms with Gasteiger partial charge in [0.25, 0.3) is 0 Å². The molecule has 17 atom stereocenters. The minimum atomic E-state index is -2.26. The molecule has 3 rings (SSSR count). The largest absolute Gasteiger partial charge is 0.462 e. The lowest BCUT2D eigenvalue weighted by Gasteiger charge is -2.45. The summed E-state index contributed by atoms with van der Waals surface area (Å²) in [4.78, 5) is 26.1. The zero-order valence-corrected chi connectivity index (χ0v) is 38.6. The molecule has 19 nitrogen and oxygen atoms in total. The van der Waals surface area contributed by atoms with Crippen molar-refractivity contribution in [1.82, 2.24) is 5.32 Å². The van der Waals surface area contributed by atoms with Crippen LogP contribution in [0.3, 0.4) is 0 Å². The summed E-state index contributed by atoms with van der Waals surface area (Å²) in [6.07, 6.45) is 6.32. The minimum Gasteiger partial charge on any atom is -0.462 e. The average molecular weight is 952 g/mol. The number of hydrogen-bond acceptors (Lipinski definition) is 18. The zero-order chi connectivity index (χ0) is 49.5. The van der Waals surface area contributed by atoms with E-state index in [2.05, 4.69) is 5.32 Å². The van der Waals surface area contributed by atoms with Crippen LogP contribution in [-0.2, 0) is 28.5 Å². The number of aliphatic hydroxyl groups is 10. The number of carbonyl (C=O) groups excluding carboxylic acids is 2. The predicted octanol–water partition coefficient (Wildman–Crippen LogP) is -0.542. The summed E-state index contributed by atoms with van der Waals surface area (Å²) in [5, 5.41) is 111. The molecule has 0 saturated carbocycles. The Labute approximate surface area is 393 Å². The smallest absolute Gasteiger partial charge is 0.308 e. The Morgan fingerprint density at radius 3 is 1.97 bits per heavy atom. The number of amides is 1. The van der Waals surface area contributed by atoms with Crippen molar-refractivity contribution in [3.8, 4) is 0 Å². The summed E-state index contributed by atoms with van der Waals surface area (Å²) in [7, 11) is 0. The summed E-state index contributed by atoms with van der Waals surface area (Å²) in [5.74, 6) is -5.11. The van der Waals surface area contributed by atoms with Crippen LogP contribution in [0.15, 0.2) is 85.1 Å². The van der Waals surface area contributed by atoms with Crippen molar-refractivity contribution in [2.24, 2.45) is 23.3 Å². The van der Waals surface area contributed by atoms with E-state index in [-0.39, 0.29) is 57.7 Å². The number of allylic oxidation sites excluding steroid dienone is 12. The number of nitrogens with two attached hydrogens (primary N) is 2. The van der Waals surface area contributed by atoms with Gasteiger partial charge in [0.15, 0.2) is 12.1 Å². The van der Waals surface area contributed by atoms with Gasteiger partial charge in [-0.1, -0.05) is 92.0 Å². The lowest BCUT2D eigenvalue weighted by molar-refractivity contribution is -0.304. The van der Waals surface area contributed by atoms with E-state index in [9.17, 15) is 60.7 Å². The van der Waals surface area contributed by atoms with Gasteiger partial charge in [0, 0.05) is 44.6 Å². The lowest BCUT2D eigenvalue weighted by Crippen LogP contribution is -2.59. The Hall–Kier alpha value is -3.48. The molecule has 0 radical (unpaired) electrons. The van der Waals surface area contributed by atoms with Crippen LogP contribution in [0.5, 0.6) is 0 Å². The number of rotatable bonds is 6. The summed E-state index contributed by atoms with van der Waals surface area (Å²) < 4.78 is 23.2. The molecule has 0 aromatic carbocycles. The molecule has 1 amide bonds. The summed E-state index contributed by atoms with van der Waals surface area (Å²) in [6, 6.07) is -1.11. The van der Waals surface area contributed by atoms with E-state index in [1.165, 1.54) is 0 Å². The molecule has 2 fully saturated rings. The lowest BCUT2D eigenvalue weighted by atomic mass is 9.82. The molecule has 7 unspecified atom stereocenters. The molecule has 67 heavy (non-hydrogen) atoms. The first-order valence-corrected chi connectivity index (χ1v) is 23.2. The van der Waals surface area contributed by atoms with E-state index >= 15 is 0 Å². The molecule has 0 aliphatic carbocycles. The molecular weight excluding hydrogens is 875 g/mol. The van der Waals surface area contributed by atoms with Crippen LogP contribution in [-0.4, -0.2) is 174 Å². The molecule has 3 aliphatic rings. The van der Waals surface area contributed by atoms with Gasteiger partial charge in [-0.2, -0.15) is 0 Å². The van der Waals surface area contributed by atoms with Gasteiger partial charge >= 0.3 is 5.97 Å². The highest BCUT2D eigenvalue weighted by atomic mass is 16.7. The number of esters is 1. The van der Waals surface area contributed by atoms with Gasteiger partial charge in [0.1, 0.15) is 12.2 Å². The first kappa shape index (κ1) is 57.8. The Morgan fingerprint density at radius 1 is 0.731 bits per heavy atom. The van der Waals surface area contributed by atoms with Crippen molar-refractivity contribution in [2.75, 3.05) is 19.7 Å². The number of hydrogen-bond donors (Lipinski definition) is 13. The molecule has 15 N–H and O–H groups in total. The van der Waals surface area contributed by atoms with Gasteiger partial charge in [0.05, 0.1) is 86.0 Å². The van der Waals surface area contributed by atoms with Crippen LogP contribution < -0.4 is 16.8 Å². The molecular formula is C48H77N3O16. The van der Waals surface area contributed by atoms with Crippen molar-refractivity contribution >= 4 is 11.9 Å². The summed E-state index contributed by atoms with van der Waals surface area (Å²) in [6.45, 7) is 3.68. The van der Waals surface area contributed by atoms with Crippen molar-refractivity contribution < 1.29 is 79.6 Å². The van der Waals surface area contributed by atoms with Crippen LogP contribution in [0.1, 0.15) is 78.1 Å². The molecule has 2 bridgehead atoms. The maximum atomic E-state index is 13.6. The van der Waals surface area contributed by atoms with Crippen molar-refractivity contribution in [1.29, 1.82) is 0 Å². The van der Waals surface area contributed by atoms with Crippen LogP contribution in [0, 0.1) is 11.8 Å². The Balaban J connectivity index is 1.89. The SMILES string of the molecule is C[C@H]1C[C@H](O)[C@@H](C)/C=C/C=C/C=C/C=C/C=C/C=C/C=C/C(O[C@@H]2OC[C@@H](O)[C@H](N)[C@@H]2O)C[C@@H]2OC(O)(CC(O)CC(O)C(O)CCC(O)CC(O)CC(=O)O1)C[C@H](O)[C@H]2C(=O)NCCCN. The van der Waals surface area contributed by atoms with E-state index < -0.39 is 135 Å². The van der Waals surface area contributed by atoms with Crippen LogP contribution >= 0.6 is 0 Å². The standard InChI is InChI=1S/C48H77N3O16/c1-30-16-13-11-9-7-5-3-4-6-8-10-12-14-17-35(66-47-45(61)44(50)40(59)29-64-47)26-41-43(46(62)51-21-15-20-49)39(58)28-48(63,67-41)27-34(54)24-38(57)36(55)19-18-32(52)23-33(53)25-42(60)65-31(2)22-37(30)56/h3-14,16-17,30-41,43-45,47,52-59,61,63H,15,18-29,49-50H2,1-2H3,(H,51,62)/b4-3+,7-5+,8-6+,11-9+,12-10+,16-13+,17-14+/t30-,31-,32?,33?,34?,35?,36?,37-,38?,39-,40+,41-,43+,44-,45-,47-,48?/m0/s1. The highest BCUT2D eigenvalue weighted by Crippen LogP contribution is 2.38. The monoisotopic (exact) mass is 952 g/mol. The molecule has 0 aromatic heterocycles. The van der Waals surface area contributed by atoms with Crippen LogP contribution in [0.25, 0.3) is 0 Å². The molecule has 0 spiro atoms. The number of cyclic esters (lactones) is 1.